The number of nitrogens with one attached hydrogen (secondary N) is 2. The number of methoxy groups -OCH3 is 1. The SMILES string of the molecule is COC(=O)c1ccc2[nH]c(C)c(C[NH+]3CCN(c4ccccc4)CC3)c(=O)c2c1. The van der Waals surface area contributed by atoms with Gasteiger partial charge in [0.05, 0.1) is 44.4 Å². The number of ether oxygens (including phenoxy) is 1. The van der Waals surface area contributed by atoms with E-state index in [4.69, 9.17) is 4.74 Å². The normalized spacial score (nSPS) is 14.9. The number of hydrogen-bond donors (Lipinski definition) is 2. The van der Waals surface area contributed by atoms with Crippen LogP contribution in [0.15, 0.2) is 53.3 Å². The molecule has 0 atom stereocenters. The van der Waals surface area contributed by atoms with Crippen molar-refractivity contribution in [2.45, 2.75) is 13.5 Å². The van der Waals surface area contributed by atoms with E-state index in [2.05, 4.69) is 34.1 Å². The van der Waals surface area contributed by atoms with Crippen molar-refractivity contribution in [3.63, 3.8) is 0 Å². The van der Waals surface area contributed by atoms with E-state index in [9.17, 15) is 9.59 Å². The van der Waals surface area contributed by atoms with E-state index in [-0.39, 0.29) is 5.43 Å². The first-order chi connectivity index (χ1) is 14.1. The number of carbonyl (C=O) groups excluding carboxylic acids is 1. The van der Waals surface area contributed by atoms with Gasteiger partial charge in [0.1, 0.15) is 6.54 Å². The molecule has 0 aliphatic carbocycles. The van der Waals surface area contributed by atoms with Crippen LogP contribution in [0.2, 0.25) is 0 Å². The van der Waals surface area contributed by atoms with Gasteiger partial charge >= 0.3 is 5.97 Å². The lowest BCUT2D eigenvalue weighted by Gasteiger charge is -2.33. The first kappa shape index (κ1) is 19.2. The van der Waals surface area contributed by atoms with E-state index in [1.165, 1.54) is 17.7 Å². The molecule has 2 aromatic carbocycles. The fraction of sp³-hybridized carbons (Fsp3) is 0.304. The number of fused-ring (bicyclic) bond motifs is 1. The number of carbonyl (C=O) groups is 1. The van der Waals surface area contributed by atoms with E-state index in [0.29, 0.717) is 17.5 Å². The molecule has 3 aromatic rings. The molecule has 2 heterocycles. The first-order valence-electron chi connectivity index (χ1n) is 9.94. The lowest BCUT2D eigenvalue weighted by atomic mass is 10.1. The molecule has 0 bridgehead atoms. The largest absolute Gasteiger partial charge is 0.465 e. The van der Waals surface area contributed by atoms with Crippen LogP contribution in [-0.4, -0.2) is 44.2 Å². The van der Waals surface area contributed by atoms with Gasteiger partial charge in [0.2, 0.25) is 0 Å². The summed E-state index contributed by atoms with van der Waals surface area (Å²) in [6.45, 7) is 6.53. The molecule has 2 N–H and O–H groups in total. The van der Waals surface area contributed by atoms with Crippen LogP contribution in [0.25, 0.3) is 10.9 Å². The molecule has 29 heavy (non-hydrogen) atoms. The molecule has 0 spiro atoms. The highest BCUT2D eigenvalue weighted by atomic mass is 16.5. The number of pyridine rings is 1. The molecule has 1 saturated heterocycles. The number of quaternary nitrogens is 1. The molecule has 1 aliphatic heterocycles. The zero-order valence-electron chi connectivity index (χ0n) is 16.8. The minimum atomic E-state index is -0.434. The highest BCUT2D eigenvalue weighted by molar-refractivity contribution is 5.94. The zero-order chi connectivity index (χ0) is 20.4. The van der Waals surface area contributed by atoms with Crippen molar-refractivity contribution < 1.29 is 14.4 Å². The van der Waals surface area contributed by atoms with Crippen LogP contribution in [0.4, 0.5) is 5.69 Å². The van der Waals surface area contributed by atoms with Crippen molar-refractivity contribution in [3.8, 4) is 0 Å². The van der Waals surface area contributed by atoms with Gasteiger partial charge < -0.3 is 19.5 Å². The second-order valence-corrected chi connectivity index (χ2v) is 7.56. The molecule has 1 aliphatic rings. The lowest BCUT2D eigenvalue weighted by molar-refractivity contribution is -0.914. The van der Waals surface area contributed by atoms with Gasteiger partial charge in [-0.15, -0.1) is 0 Å². The minimum Gasteiger partial charge on any atom is -0.465 e. The third-order valence-corrected chi connectivity index (χ3v) is 5.75. The van der Waals surface area contributed by atoms with Gasteiger partial charge in [-0.05, 0) is 37.3 Å². The highest BCUT2D eigenvalue weighted by Crippen LogP contribution is 2.15. The number of aryl methyl sites for hydroxylation is 1. The van der Waals surface area contributed by atoms with E-state index >= 15 is 0 Å². The monoisotopic (exact) mass is 392 g/mol. The maximum absolute atomic E-state index is 13.2. The van der Waals surface area contributed by atoms with E-state index in [1.54, 1.807) is 18.2 Å². The Bertz CT molecular complexity index is 1080. The molecule has 0 saturated carbocycles. The Morgan fingerprint density at radius 3 is 2.55 bits per heavy atom. The molecular weight excluding hydrogens is 366 g/mol. The maximum Gasteiger partial charge on any atom is 0.337 e. The lowest BCUT2D eigenvalue weighted by Crippen LogP contribution is -3.13. The number of aromatic amines is 1. The Labute approximate surface area is 169 Å². The fourth-order valence-corrected chi connectivity index (χ4v) is 4.06. The number of esters is 1. The topological polar surface area (TPSA) is 66.8 Å². The zero-order valence-corrected chi connectivity index (χ0v) is 16.8. The minimum absolute atomic E-state index is 0.00000738. The van der Waals surface area contributed by atoms with Gasteiger partial charge in [0.25, 0.3) is 0 Å². The van der Waals surface area contributed by atoms with Crippen LogP contribution in [0.3, 0.4) is 0 Å². The predicted octanol–water partition coefficient (Wildman–Crippen LogP) is 1.53. The molecular formula is C23H26N3O3+. The number of nitrogens with zero attached hydrogens (tertiary/aromatic N) is 1. The van der Waals surface area contributed by atoms with Crippen molar-refractivity contribution in [1.82, 2.24) is 4.98 Å². The number of piperazine rings is 1. The van der Waals surface area contributed by atoms with Gasteiger partial charge in [-0.2, -0.15) is 0 Å². The summed E-state index contributed by atoms with van der Waals surface area (Å²) in [5.41, 5.74) is 4.08. The number of H-pyrrole nitrogens is 1. The average molecular weight is 392 g/mol. The highest BCUT2D eigenvalue weighted by Gasteiger charge is 2.23. The summed E-state index contributed by atoms with van der Waals surface area (Å²) >= 11 is 0. The molecule has 6 heteroatoms. The molecule has 0 unspecified atom stereocenters. The van der Waals surface area contributed by atoms with Crippen LogP contribution >= 0.6 is 0 Å². The Balaban J connectivity index is 1.55. The standard InChI is InChI=1S/C23H25N3O3/c1-16-20(15-25-10-12-26(13-11-25)18-6-4-3-5-7-18)22(27)19-14-17(23(28)29-2)8-9-21(19)24-16/h3-9,14H,10-13,15H2,1-2H3,(H,24,27)/p+1. The molecule has 150 valence electrons. The number of anilines is 1. The predicted molar refractivity (Wildman–Crippen MR) is 114 cm³/mol. The fourth-order valence-electron chi connectivity index (χ4n) is 4.06. The van der Waals surface area contributed by atoms with Crippen molar-refractivity contribution >= 4 is 22.6 Å². The summed E-state index contributed by atoms with van der Waals surface area (Å²) in [6, 6.07) is 15.5. The van der Waals surface area contributed by atoms with Crippen LogP contribution < -0.4 is 15.2 Å². The Hall–Kier alpha value is -3.12. The van der Waals surface area contributed by atoms with Crippen molar-refractivity contribution in [2.24, 2.45) is 0 Å². The third-order valence-electron chi connectivity index (χ3n) is 5.75. The molecule has 1 fully saturated rings. The first-order valence-corrected chi connectivity index (χ1v) is 9.94. The summed E-state index contributed by atoms with van der Waals surface area (Å²) in [4.78, 5) is 32.1. The molecule has 4 rings (SSSR count). The second-order valence-electron chi connectivity index (χ2n) is 7.56. The van der Waals surface area contributed by atoms with Gasteiger partial charge in [-0.3, -0.25) is 4.79 Å². The van der Waals surface area contributed by atoms with Crippen LogP contribution in [0.1, 0.15) is 21.6 Å². The van der Waals surface area contributed by atoms with Crippen LogP contribution in [0, 0.1) is 6.92 Å². The quantitative estimate of drug-likeness (QED) is 0.661. The Morgan fingerprint density at radius 2 is 1.86 bits per heavy atom. The summed E-state index contributed by atoms with van der Waals surface area (Å²) in [5.74, 6) is -0.434. The number of hydrogen-bond acceptors (Lipinski definition) is 4. The number of benzene rings is 2. The third kappa shape index (κ3) is 3.89. The average Bonchev–Trinajstić information content (AvgIpc) is 2.77. The van der Waals surface area contributed by atoms with E-state index in [1.807, 2.05) is 13.0 Å². The van der Waals surface area contributed by atoms with Gasteiger partial charge in [0.15, 0.2) is 5.43 Å². The Morgan fingerprint density at radius 1 is 1.14 bits per heavy atom. The number of para-hydroxylation sites is 1. The summed E-state index contributed by atoms with van der Waals surface area (Å²) < 4.78 is 4.79. The maximum atomic E-state index is 13.2. The molecule has 1 aromatic heterocycles. The molecule has 6 nitrogen and oxygen atoms in total. The van der Waals surface area contributed by atoms with E-state index in [0.717, 1.165) is 43.0 Å². The van der Waals surface area contributed by atoms with Crippen molar-refractivity contribution in [2.75, 3.05) is 38.2 Å². The molecule has 0 amide bonds. The summed E-state index contributed by atoms with van der Waals surface area (Å²) in [5, 5.41) is 0.538. The number of rotatable bonds is 4. The van der Waals surface area contributed by atoms with Crippen molar-refractivity contribution in [3.05, 3.63) is 75.6 Å². The summed E-state index contributed by atoms with van der Waals surface area (Å²) in [6.07, 6.45) is 0. The smallest absolute Gasteiger partial charge is 0.337 e. The van der Waals surface area contributed by atoms with E-state index < -0.39 is 5.97 Å². The molecule has 0 radical (unpaired) electrons. The van der Waals surface area contributed by atoms with Crippen molar-refractivity contribution in [1.29, 1.82) is 0 Å². The van der Waals surface area contributed by atoms with Gasteiger partial charge in [-0.25, -0.2) is 4.79 Å². The summed E-state index contributed by atoms with van der Waals surface area (Å²) in [7, 11) is 1.34. The van der Waals surface area contributed by atoms with Gasteiger partial charge in [-0.1, -0.05) is 18.2 Å². The second kappa shape index (κ2) is 8.09. The Kier molecular flexibility index (Phi) is 5.36. The van der Waals surface area contributed by atoms with Gasteiger partial charge in [0, 0.05) is 22.3 Å². The van der Waals surface area contributed by atoms with Crippen LogP contribution in [0.5, 0.6) is 0 Å². The van der Waals surface area contributed by atoms with Crippen LogP contribution in [-0.2, 0) is 11.3 Å². The number of aromatic nitrogens is 1.